The quantitative estimate of drug-likeness (QED) is 0.932. The van der Waals surface area contributed by atoms with E-state index in [2.05, 4.69) is 15.2 Å². The van der Waals surface area contributed by atoms with Gasteiger partial charge in [-0.25, -0.2) is 9.37 Å². The van der Waals surface area contributed by atoms with E-state index in [0.29, 0.717) is 13.1 Å². The Labute approximate surface area is 141 Å². The number of nitrogens with zero attached hydrogens (tertiary/aromatic N) is 3. The number of anilines is 1. The van der Waals surface area contributed by atoms with Crippen LogP contribution in [0.25, 0.3) is 0 Å². The number of aromatic nitrogens is 1. The Hall–Kier alpha value is -2.47. The topological polar surface area (TPSA) is 48.5 Å². The first-order valence-corrected chi connectivity index (χ1v) is 7.94. The number of benzene rings is 1. The molecule has 24 heavy (non-hydrogen) atoms. The molecule has 1 N–H and O–H groups in total. The molecule has 1 saturated heterocycles. The van der Waals surface area contributed by atoms with Crippen molar-refractivity contribution in [3.8, 4) is 0 Å². The molecule has 1 atom stereocenters. The lowest BCUT2D eigenvalue weighted by molar-refractivity contribution is -0.129. The van der Waals surface area contributed by atoms with E-state index in [1.54, 1.807) is 12.1 Å². The van der Waals surface area contributed by atoms with Crippen LogP contribution in [0.15, 0.2) is 42.6 Å². The molecule has 1 fully saturated rings. The normalized spacial score (nSPS) is 18.3. The van der Waals surface area contributed by atoms with Gasteiger partial charge in [-0.05, 0) is 29.3 Å². The summed E-state index contributed by atoms with van der Waals surface area (Å²) in [4.78, 5) is 20.8. The zero-order valence-electron chi connectivity index (χ0n) is 13.9. The number of halogens is 1. The highest BCUT2D eigenvalue weighted by Crippen LogP contribution is 2.25. The van der Waals surface area contributed by atoms with Crippen LogP contribution in [-0.4, -0.2) is 43.0 Å². The van der Waals surface area contributed by atoms with Gasteiger partial charge in [-0.15, -0.1) is 0 Å². The number of hydrogen-bond donors (Lipinski definition) is 1. The van der Waals surface area contributed by atoms with E-state index in [9.17, 15) is 9.18 Å². The molecule has 5 nitrogen and oxygen atoms in total. The van der Waals surface area contributed by atoms with E-state index in [-0.39, 0.29) is 11.7 Å². The maximum Gasteiger partial charge on any atom is 0.242 e. The summed E-state index contributed by atoms with van der Waals surface area (Å²) in [6, 6.07) is 9.71. The van der Waals surface area contributed by atoms with Crippen LogP contribution in [0.5, 0.6) is 0 Å². The van der Waals surface area contributed by atoms with Gasteiger partial charge in [0.25, 0.3) is 0 Å². The highest BCUT2D eigenvalue weighted by molar-refractivity contribution is 5.83. The van der Waals surface area contributed by atoms with Crippen molar-refractivity contribution in [2.24, 2.45) is 0 Å². The average molecular weight is 328 g/mol. The summed E-state index contributed by atoms with van der Waals surface area (Å²) in [6.45, 7) is 1.97. The third-order valence-electron chi connectivity index (χ3n) is 4.15. The SMILES string of the molecule is CN(C)c1ccc(CN2CCNC(=O)[C@H]2c2ccc(F)cc2)cn1. The van der Waals surface area contributed by atoms with E-state index in [0.717, 1.165) is 23.5 Å². The maximum absolute atomic E-state index is 13.2. The minimum atomic E-state index is -0.409. The molecule has 1 aromatic heterocycles. The Morgan fingerprint density at radius 2 is 2.00 bits per heavy atom. The molecule has 0 saturated carbocycles. The van der Waals surface area contributed by atoms with Crippen LogP contribution >= 0.6 is 0 Å². The van der Waals surface area contributed by atoms with Crippen LogP contribution in [0.2, 0.25) is 0 Å². The van der Waals surface area contributed by atoms with E-state index >= 15 is 0 Å². The predicted octanol–water partition coefficient (Wildman–Crippen LogP) is 1.96. The molecule has 1 aliphatic rings. The van der Waals surface area contributed by atoms with Crippen LogP contribution in [0.3, 0.4) is 0 Å². The molecule has 0 radical (unpaired) electrons. The van der Waals surface area contributed by atoms with Crippen molar-refractivity contribution in [3.05, 3.63) is 59.5 Å². The molecule has 2 heterocycles. The number of hydrogen-bond acceptors (Lipinski definition) is 4. The molecule has 0 spiro atoms. The Kier molecular flexibility index (Phi) is 4.76. The molecule has 1 aliphatic heterocycles. The lowest BCUT2D eigenvalue weighted by Gasteiger charge is -2.35. The number of nitrogens with one attached hydrogen (secondary N) is 1. The zero-order valence-corrected chi connectivity index (χ0v) is 13.9. The summed E-state index contributed by atoms with van der Waals surface area (Å²) in [7, 11) is 3.89. The third-order valence-corrected chi connectivity index (χ3v) is 4.15. The Morgan fingerprint density at radius 3 is 2.62 bits per heavy atom. The van der Waals surface area contributed by atoms with Gasteiger partial charge < -0.3 is 10.2 Å². The largest absolute Gasteiger partial charge is 0.363 e. The molecule has 2 aromatic rings. The van der Waals surface area contributed by atoms with Gasteiger partial charge >= 0.3 is 0 Å². The van der Waals surface area contributed by atoms with Gasteiger partial charge in [0.1, 0.15) is 17.7 Å². The highest BCUT2D eigenvalue weighted by atomic mass is 19.1. The highest BCUT2D eigenvalue weighted by Gasteiger charge is 2.31. The molecule has 0 aliphatic carbocycles. The first-order valence-electron chi connectivity index (χ1n) is 7.94. The summed E-state index contributed by atoms with van der Waals surface area (Å²) >= 11 is 0. The minimum Gasteiger partial charge on any atom is -0.363 e. The zero-order chi connectivity index (χ0) is 17.1. The number of carbonyl (C=O) groups excluding carboxylic acids is 1. The number of piperazine rings is 1. The van der Waals surface area contributed by atoms with E-state index < -0.39 is 6.04 Å². The molecule has 3 rings (SSSR count). The maximum atomic E-state index is 13.2. The molecule has 6 heteroatoms. The van der Waals surface area contributed by atoms with E-state index in [1.807, 2.05) is 37.3 Å². The Morgan fingerprint density at radius 1 is 1.25 bits per heavy atom. The fourth-order valence-corrected chi connectivity index (χ4v) is 2.90. The van der Waals surface area contributed by atoms with E-state index in [4.69, 9.17) is 0 Å². The predicted molar refractivity (Wildman–Crippen MR) is 91.1 cm³/mol. The Bertz CT molecular complexity index is 700. The van der Waals surface area contributed by atoms with Gasteiger partial charge in [0.15, 0.2) is 0 Å². The van der Waals surface area contributed by atoms with Crippen molar-refractivity contribution in [2.75, 3.05) is 32.1 Å². The molecule has 0 unspecified atom stereocenters. The molecular formula is C18H21FN4O. The summed E-state index contributed by atoms with van der Waals surface area (Å²) in [5, 5.41) is 2.89. The van der Waals surface area contributed by atoms with Gasteiger partial charge in [0.05, 0.1) is 0 Å². The lowest BCUT2D eigenvalue weighted by Crippen LogP contribution is -2.49. The summed E-state index contributed by atoms with van der Waals surface area (Å²) in [5.41, 5.74) is 1.84. The van der Waals surface area contributed by atoms with Crippen molar-refractivity contribution in [3.63, 3.8) is 0 Å². The van der Waals surface area contributed by atoms with Crippen molar-refractivity contribution >= 4 is 11.7 Å². The second kappa shape index (κ2) is 6.97. The number of carbonyl (C=O) groups is 1. The average Bonchev–Trinajstić information content (AvgIpc) is 2.57. The molecular weight excluding hydrogens is 307 g/mol. The van der Waals surface area contributed by atoms with Crippen molar-refractivity contribution in [1.82, 2.24) is 15.2 Å². The molecule has 1 aromatic carbocycles. The number of amides is 1. The summed E-state index contributed by atoms with van der Waals surface area (Å²) in [6.07, 6.45) is 1.84. The lowest BCUT2D eigenvalue weighted by atomic mass is 10.0. The van der Waals surface area contributed by atoms with Gasteiger partial charge in [-0.2, -0.15) is 0 Å². The van der Waals surface area contributed by atoms with Gasteiger partial charge in [-0.3, -0.25) is 9.69 Å². The second-order valence-electron chi connectivity index (χ2n) is 6.13. The summed E-state index contributed by atoms with van der Waals surface area (Å²) in [5.74, 6) is 0.543. The van der Waals surface area contributed by atoms with Gasteiger partial charge in [0, 0.05) is 39.9 Å². The fourth-order valence-electron chi connectivity index (χ4n) is 2.90. The summed E-state index contributed by atoms with van der Waals surface area (Å²) < 4.78 is 13.2. The van der Waals surface area contributed by atoms with Crippen molar-refractivity contribution in [2.45, 2.75) is 12.6 Å². The van der Waals surface area contributed by atoms with Crippen LogP contribution in [-0.2, 0) is 11.3 Å². The third kappa shape index (κ3) is 3.54. The van der Waals surface area contributed by atoms with Gasteiger partial charge in [-0.1, -0.05) is 18.2 Å². The van der Waals surface area contributed by atoms with Crippen LogP contribution in [0, 0.1) is 5.82 Å². The van der Waals surface area contributed by atoms with Crippen molar-refractivity contribution in [1.29, 1.82) is 0 Å². The van der Waals surface area contributed by atoms with Crippen molar-refractivity contribution < 1.29 is 9.18 Å². The number of pyridine rings is 1. The smallest absolute Gasteiger partial charge is 0.242 e. The van der Waals surface area contributed by atoms with E-state index in [1.165, 1.54) is 12.1 Å². The van der Waals surface area contributed by atoms with Crippen LogP contribution < -0.4 is 10.2 Å². The standard InChI is InChI=1S/C18H21FN4O/c1-22(2)16-8-3-13(11-21-16)12-23-10-9-20-18(24)17(23)14-4-6-15(19)7-5-14/h3-8,11,17H,9-10,12H2,1-2H3,(H,20,24)/t17-/m1/s1. The Balaban J connectivity index is 1.81. The van der Waals surface area contributed by atoms with Crippen LogP contribution in [0.4, 0.5) is 10.2 Å². The first-order chi connectivity index (χ1) is 11.5. The molecule has 0 bridgehead atoms. The minimum absolute atomic E-state index is 0.0503. The fraction of sp³-hybridized carbons (Fsp3) is 0.333. The first kappa shape index (κ1) is 16.4. The monoisotopic (exact) mass is 328 g/mol. The van der Waals surface area contributed by atoms with Gasteiger partial charge in [0.2, 0.25) is 5.91 Å². The second-order valence-corrected chi connectivity index (χ2v) is 6.13. The molecule has 1 amide bonds. The number of rotatable bonds is 4. The van der Waals surface area contributed by atoms with Crippen LogP contribution in [0.1, 0.15) is 17.2 Å². The molecule has 126 valence electrons.